The van der Waals surface area contributed by atoms with Gasteiger partial charge in [-0.3, -0.25) is 0 Å². The van der Waals surface area contributed by atoms with Crippen LogP contribution in [-0.2, 0) is 14.6 Å². The molecule has 0 aliphatic heterocycles. The lowest BCUT2D eigenvalue weighted by atomic mass is 10.2. The van der Waals surface area contributed by atoms with Gasteiger partial charge in [-0.15, -0.1) is 0 Å². The number of ether oxygens (including phenoxy) is 1. The van der Waals surface area contributed by atoms with Gasteiger partial charge in [0.25, 0.3) is 0 Å². The lowest BCUT2D eigenvalue weighted by Gasteiger charge is -2.06. The predicted octanol–water partition coefficient (Wildman–Crippen LogP) is 1.47. The fourth-order valence-electron chi connectivity index (χ4n) is 1.40. The molecule has 108 valence electrons. The van der Waals surface area contributed by atoms with Crippen LogP contribution in [0.5, 0.6) is 0 Å². The monoisotopic (exact) mass is 306 g/mol. The highest BCUT2D eigenvalue weighted by Gasteiger charge is 2.19. The fraction of sp³-hybridized carbons (Fsp3) is 0.636. The zero-order chi connectivity index (χ0) is 14.5. The first-order chi connectivity index (χ1) is 8.91. The molecule has 1 aromatic heterocycles. The number of nitrogens with one attached hydrogen (secondary N) is 1. The Bertz CT molecular complexity index is 537. The molecule has 0 amide bonds. The van der Waals surface area contributed by atoms with Gasteiger partial charge in [-0.05, 0) is 25.4 Å². The van der Waals surface area contributed by atoms with Crippen molar-refractivity contribution < 1.29 is 17.9 Å². The summed E-state index contributed by atoms with van der Waals surface area (Å²) in [6.45, 7) is 5.60. The number of sulfone groups is 1. The molecule has 0 spiro atoms. The highest BCUT2D eigenvalue weighted by atomic mass is 32.2. The number of aryl methyl sites for hydroxylation is 1. The van der Waals surface area contributed by atoms with Crippen molar-refractivity contribution in [3.8, 4) is 0 Å². The minimum Gasteiger partial charge on any atom is -0.462 e. The molecule has 0 saturated carbocycles. The van der Waals surface area contributed by atoms with E-state index in [0.717, 1.165) is 11.5 Å². The molecule has 1 N–H and O–H groups in total. The third-order valence-corrected chi connectivity index (χ3v) is 5.08. The number of hydrogen-bond donors (Lipinski definition) is 1. The van der Waals surface area contributed by atoms with Gasteiger partial charge in [0.05, 0.1) is 18.1 Å². The topological polar surface area (TPSA) is 85.4 Å². The van der Waals surface area contributed by atoms with Gasteiger partial charge in [-0.2, -0.15) is 4.37 Å². The van der Waals surface area contributed by atoms with Crippen molar-refractivity contribution in [2.75, 3.05) is 30.0 Å². The number of hydrogen-bond acceptors (Lipinski definition) is 7. The fourth-order valence-corrected chi connectivity index (χ4v) is 2.91. The van der Waals surface area contributed by atoms with Gasteiger partial charge in [0.2, 0.25) is 0 Å². The zero-order valence-electron chi connectivity index (χ0n) is 11.2. The van der Waals surface area contributed by atoms with Gasteiger partial charge in [-0.25, -0.2) is 13.2 Å². The number of aromatic nitrogens is 1. The molecule has 8 heteroatoms. The summed E-state index contributed by atoms with van der Waals surface area (Å²) in [5.74, 6) is -0.293. The summed E-state index contributed by atoms with van der Waals surface area (Å²) in [6, 6.07) is 0. The Morgan fingerprint density at radius 1 is 1.42 bits per heavy atom. The van der Waals surface area contributed by atoms with Crippen molar-refractivity contribution in [3.05, 3.63) is 11.3 Å². The lowest BCUT2D eigenvalue weighted by Crippen LogP contribution is -2.18. The molecule has 0 aromatic carbocycles. The molecular weight excluding hydrogens is 288 g/mol. The summed E-state index contributed by atoms with van der Waals surface area (Å²) in [6.07, 6.45) is 0. The molecule has 0 unspecified atom stereocenters. The van der Waals surface area contributed by atoms with E-state index in [4.69, 9.17) is 4.74 Å². The first-order valence-corrected chi connectivity index (χ1v) is 8.58. The molecule has 0 fully saturated rings. The van der Waals surface area contributed by atoms with E-state index >= 15 is 0 Å². The lowest BCUT2D eigenvalue weighted by molar-refractivity contribution is 0.0527. The van der Waals surface area contributed by atoms with Crippen LogP contribution in [0.15, 0.2) is 0 Å². The Hall–Kier alpha value is -1.15. The molecule has 0 aliphatic carbocycles. The molecule has 6 nitrogen and oxygen atoms in total. The highest BCUT2D eigenvalue weighted by molar-refractivity contribution is 7.91. The van der Waals surface area contributed by atoms with Crippen molar-refractivity contribution >= 4 is 32.3 Å². The largest absolute Gasteiger partial charge is 0.462 e. The third kappa shape index (κ3) is 4.46. The number of nitrogens with zero attached hydrogens (tertiary/aromatic N) is 1. The van der Waals surface area contributed by atoms with E-state index in [2.05, 4.69) is 9.69 Å². The van der Waals surface area contributed by atoms with E-state index in [1.807, 2.05) is 0 Å². The van der Waals surface area contributed by atoms with Gasteiger partial charge in [0.15, 0.2) is 9.84 Å². The number of carbonyl (C=O) groups excluding carboxylic acids is 1. The summed E-state index contributed by atoms with van der Waals surface area (Å²) in [4.78, 5) is 11.7. The average molecular weight is 306 g/mol. The van der Waals surface area contributed by atoms with Crippen LogP contribution in [0.2, 0.25) is 0 Å². The van der Waals surface area contributed by atoms with Crippen molar-refractivity contribution in [3.63, 3.8) is 0 Å². The second kappa shape index (κ2) is 6.85. The van der Waals surface area contributed by atoms with Crippen LogP contribution in [0.1, 0.15) is 29.9 Å². The Labute approximate surface area is 117 Å². The molecule has 19 heavy (non-hydrogen) atoms. The van der Waals surface area contributed by atoms with E-state index in [1.165, 1.54) is 0 Å². The Balaban J connectivity index is 2.72. The smallest absolute Gasteiger partial charge is 0.343 e. The van der Waals surface area contributed by atoms with Gasteiger partial charge in [-0.1, -0.05) is 6.92 Å². The molecule has 0 bridgehead atoms. The third-order valence-electron chi connectivity index (χ3n) is 2.48. The summed E-state index contributed by atoms with van der Waals surface area (Å²) < 4.78 is 31.8. The van der Waals surface area contributed by atoms with E-state index in [1.54, 1.807) is 20.8 Å². The van der Waals surface area contributed by atoms with Gasteiger partial charge < -0.3 is 10.1 Å². The van der Waals surface area contributed by atoms with Crippen LogP contribution in [0, 0.1) is 6.92 Å². The second-order valence-corrected chi connectivity index (χ2v) is 7.10. The van der Waals surface area contributed by atoms with E-state index in [-0.39, 0.29) is 24.7 Å². The maximum atomic E-state index is 11.7. The maximum absolute atomic E-state index is 11.7. The summed E-state index contributed by atoms with van der Waals surface area (Å²) >= 11 is 1.13. The predicted molar refractivity (Wildman–Crippen MR) is 75.6 cm³/mol. The standard InChI is InChI=1S/C11H18N2O4S2/c1-4-17-11(14)9-8(3)13-18-10(9)12-6-7-19(15,16)5-2/h12H,4-7H2,1-3H3. The molecule has 0 aliphatic rings. The zero-order valence-corrected chi connectivity index (χ0v) is 12.9. The summed E-state index contributed by atoms with van der Waals surface area (Å²) in [5, 5.41) is 3.50. The van der Waals surface area contributed by atoms with Gasteiger partial charge >= 0.3 is 5.97 Å². The van der Waals surface area contributed by atoms with E-state index in [0.29, 0.717) is 16.3 Å². The Kier molecular flexibility index (Phi) is 5.74. The first kappa shape index (κ1) is 15.9. The van der Waals surface area contributed by atoms with Crippen LogP contribution in [0.3, 0.4) is 0 Å². The van der Waals surface area contributed by atoms with Crippen molar-refractivity contribution in [1.82, 2.24) is 4.37 Å². The quantitative estimate of drug-likeness (QED) is 0.768. The highest BCUT2D eigenvalue weighted by Crippen LogP contribution is 2.25. The minimum absolute atomic E-state index is 0.0305. The van der Waals surface area contributed by atoms with Gasteiger partial charge in [0, 0.05) is 12.3 Å². The minimum atomic E-state index is -3.02. The van der Waals surface area contributed by atoms with Crippen LogP contribution in [0.4, 0.5) is 5.00 Å². The number of esters is 1. The molecular formula is C11H18N2O4S2. The van der Waals surface area contributed by atoms with Gasteiger partial charge in [0.1, 0.15) is 10.6 Å². The Morgan fingerprint density at radius 2 is 2.11 bits per heavy atom. The molecule has 0 radical (unpaired) electrons. The van der Waals surface area contributed by atoms with E-state index in [9.17, 15) is 13.2 Å². The maximum Gasteiger partial charge on any atom is 0.343 e. The number of carbonyl (C=O) groups is 1. The molecule has 0 saturated heterocycles. The molecule has 1 aromatic rings. The molecule has 1 heterocycles. The van der Waals surface area contributed by atoms with E-state index < -0.39 is 15.8 Å². The van der Waals surface area contributed by atoms with Crippen molar-refractivity contribution in [2.24, 2.45) is 0 Å². The van der Waals surface area contributed by atoms with Crippen LogP contribution < -0.4 is 5.32 Å². The molecule has 1 rings (SSSR count). The number of anilines is 1. The Morgan fingerprint density at radius 3 is 2.68 bits per heavy atom. The van der Waals surface area contributed by atoms with Crippen LogP contribution >= 0.6 is 11.5 Å². The van der Waals surface area contributed by atoms with Crippen molar-refractivity contribution in [2.45, 2.75) is 20.8 Å². The van der Waals surface area contributed by atoms with Crippen LogP contribution in [0.25, 0.3) is 0 Å². The summed E-state index contributed by atoms with van der Waals surface area (Å²) in [5.41, 5.74) is 0.977. The first-order valence-electron chi connectivity index (χ1n) is 5.99. The SMILES string of the molecule is CCOC(=O)c1c(C)nsc1NCCS(=O)(=O)CC. The van der Waals surface area contributed by atoms with Crippen molar-refractivity contribution in [1.29, 1.82) is 0 Å². The molecule has 0 atom stereocenters. The summed E-state index contributed by atoms with van der Waals surface area (Å²) in [7, 11) is -3.02. The second-order valence-electron chi connectivity index (χ2n) is 3.86. The normalized spacial score (nSPS) is 11.3. The number of rotatable bonds is 7. The average Bonchev–Trinajstić information content (AvgIpc) is 2.71. The van der Waals surface area contributed by atoms with Crippen LogP contribution in [-0.4, -0.2) is 43.4 Å².